The van der Waals surface area contributed by atoms with Gasteiger partial charge in [-0.15, -0.1) is 0 Å². The molecule has 1 unspecified atom stereocenters. The van der Waals surface area contributed by atoms with Gasteiger partial charge in [0.15, 0.2) is 5.78 Å². The number of benzene rings is 2. The van der Waals surface area contributed by atoms with Gasteiger partial charge in [-0.1, -0.05) is 18.2 Å². The van der Waals surface area contributed by atoms with Crippen molar-refractivity contribution in [3.63, 3.8) is 0 Å². The van der Waals surface area contributed by atoms with Crippen LogP contribution in [0.15, 0.2) is 48.5 Å². The molecule has 2 aromatic rings. The highest BCUT2D eigenvalue weighted by molar-refractivity contribution is 6.02. The molecular formula is C19H24N2O2. The Balaban J connectivity index is 2.23. The topological polar surface area (TPSA) is 55.6 Å². The Hall–Kier alpha value is -2.49. The third-order valence-corrected chi connectivity index (χ3v) is 3.87. The maximum Gasteiger partial charge on any atom is 0.185 e. The molecule has 1 atom stereocenters. The average molecular weight is 312 g/mol. The minimum absolute atomic E-state index is 0.0467. The number of para-hydroxylation sites is 1. The first-order chi connectivity index (χ1) is 11.1. The molecule has 0 bridgehead atoms. The number of hydrogen-bond acceptors (Lipinski definition) is 4. The minimum Gasteiger partial charge on any atom is -0.492 e. The van der Waals surface area contributed by atoms with Gasteiger partial charge in [0.2, 0.25) is 0 Å². The number of carbonyl (C=O) groups excluding carboxylic acids is 1. The van der Waals surface area contributed by atoms with E-state index in [1.54, 1.807) is 18.2 Å². The number of nitrogens with zero attached hydrogens (tertiary/aromatic N) is 1. The molecule has 122 valence electrons. The molecule has 2 aromatic carbocycles. The quantitative estimate of drug-likeness (QED) is 0.624. The van der Waals surface area contributed by atoms with Crippen molar-refractivity contribution in [2.75, 3.05) is 23.8 Å². The Morgan fingerprint density at radius 3 is 2.43 bits per heavy atom. The molecule has 23 heavy (non-hydrogen) atoms. The van der Waals surface area contributed by atoms with Gasteiger partial charge in [0, 0.05) is 17.8 Å². The summed E-state index contributed by atoms with van der Waals surface area (Å²) in [5.41, 5.74) is 8.11. The van der Waals surface area contributed by atoms with Crippen LogP contribution in [0.4, 0.5) is 11.4 Å². The van der Waals surface area contributed by atoms with Crippen LogP contribution in [-0.2, 0) is 0 Å². The van der Waals surface area contributed by atoms with Crippen LogP contribution < -0.4 is 15.4 Å². The number of carbonyl (C=O) groups is 1. The van der Waals surface area contributed by atoms with Gasteiger partial charge in [0.1, 0.15) is 5.75 Å². The van der Waals surface area contributed by atoms with Crippen LogP contribution in [0.3, 0.4) is 0 Å². The van der Waals surface area contributed by atoms with Crippen LogP contribution in [0.2, 0.25) is 0 Å². The first-order valence-corrected chi connectivity index (χ1v) is 7.96. The smallest absolute Gasteiger partial charge is 0.185 e. The van der Waals surface area contributed by atoms with Gasteiger partial charge >= 0.3 is 0 Å². The van der Waals surface area contributed by atoms with Crippen molar-refractivity contribution in [2.45, 2.75) is 26.8 Å². The summed E-state index contributed by atoms with van der Waals surface area (Å²) in [5.74, 6) is 0.664. The molecule has 0 spiro atoms. The molecule has 0 aromatic heterocycles. The fraction of sp³-hybridized carbons (Fsp3) is 0.316. The molecule has 0 amide bonds. The summed E-state index contributed by atoms with van der Waals surface area (Å²) in [6.07, 6.45) is 0. The number of Topliss-reactive ketones (excluding diaryl/α,β-unsaturated/α-hetero) is 1. The number of hydrogen-bond donors (Lipinski definition) is 1. The molecule has 0 radical (unpaired) electrons. The zero-order chi connectivity index (χ0) is 16.8. The molecule has 2 rings (SSSR count). The van der Waals surface area contributed by atoms with E-state index in [4.69, 9.17) is 10.5 Å². The zero-order valence-corrected chi connectivity index (χ0v) is 14.0. The Bertz CT molecular complexity index is 656. The maximum absolute atomic E-state index is 12.8. The summed E-state index contributed by atoms with van der Waals surface area (Å²) in [4.78, 5) is 14.9. The number of ether oxygens (including phenoxy) is 1. The van der Waals surface area contributed by atoms with Gasteiger partial charge in [-0.2, -0.15) is 0 Å². The molecule has 0 aliphatic heterocycles. The molecule has 0 aliphatic rings. The van der Waals surface area contributed by atoms with Crippen molar-refractivity contribution >= 4 is 17.2 Å². The summed E-state index contributed by atoms with van der Waals surface area (Å²) in [5, 5.41) is 0. The Morgan fingerprint density at radius 1 is 1.17 bits per heavy atom. The Morgan fingerprint density at radius 2 is 1.87 bits per heavy atom. The van der Waals surface area contributed by atoms with Gasteiger partial charge in [0.25, 0.3) is 0 Å². The van der Waals surface area contributed by atoms with Crippen LogP contribution >= 0.6 is 0 Å². The van der Waals surface area contributed by atoms with Gasteiger partial charge in [-0.25, -0.2) is 0 Å². The van der Waals surface area contributed by atoms with E-state index in [-0.39, 0.29) is 11.8 Å². The molecule has 2 N–H and O–H groups in total. The van der Waals surface area contributed by atoms with E-state index in [0.717, 1.165) is 12.2 Å². The number of likely N-dealkylation sites (N-methyl/N-ethyl adjacent to an activating group) is 1. The summed E-state index contributed by atoms with van der Waals surface area (Å²) in [7, 11) is 0. The number of rotatable bonds is 7. The van der Waals surface area contributed by atoms with Crippen molar-refractivity contribution in [2.24, 2.45) is 0 Å². The van der Waals surface area contributed by atoms with Crippen molar-refractivity contribution in [3.05, 3.63) is 54.1 Å². The van der Waals surface area contributed by atoms with Crippen LogP contribution in [0.5, 0.6) is 5.75 Å². The molecule has 4 heteroatoms. The fourth-order valence-corrected chi connectivity index (χ4v) is 2.67. The monoisotopic (exact) mass is 312 g/mol. The van der Waals surface area contributed by atoms with Gasteiger partial charge in [-0.3, -0.25) is 4.79 Å². The zero-order valence-electron chi connectivity index (χ0n) is 14.0. The first kappa shape index (κ1) is 16.9. The lowest BCUT2D eigenvalue weighted by Crippen LogP contribution is -2.39. The number of anilines is 2. The first-order valence-electron chi connectivity index (χ1n) is 7.96. The third kappa shape index (κ3) is 3.83. The summed E-state index contributed by atoms with van der Waals surface area (Å²) >= 11 is 0. The fourth-order valence-electron chi connectivity index (χ4n) is 2.67. The standard InChI is InChI=1S/C19H24N2O2/c1-4-21(16-9-7-6-8-10-16)14(3)19(22)15-11-12-18(23-5-2)17(20)13-15/h6-14H,4-5,20H2,1-3H3. The largest absolute Gasteiger partial charge is 0.492 e. The highest BCUT2D eigenvalue weighted by atomic mass is 16.5. The lowest BCUT2D eigenvalue weighted by Gasteiger charge is -2.29. The second kappa shape index (κ2) is 7.68. The van der Waals surface area contributed by atoms with E-state index >= 15 is 0 Å². The van der Waals surface area contributed by atoms with Gasteiger partial charge in [-0.05, 0) is 51.1 Å². The Kier molecular flexibility index (Phi) is 5.63. The lowest BCUT2D eigenvalue weighted by molar-refractivity contribution is 0.0964. The molecule has 0 fully saturated rings. The number of nitrogens with two attached hydrogens (primary N) is 1. The molecule has 0 saturated heterocycles. The molecule has 0 saturated carbocycles. The molecular weight excluding hydrogens is 288 g/mol. The molecule has 0 aliphatic carbocycles. The number of nitrogen functional groups attached to an aromatic ring is 1. The van der Waals surface area contributed by atoms with Gasteiger partial charge in [0.05, 0.1) is 18.3 Å². The second-order valence-electron chi connectivity index (χ2n) is 5.35. The Labute approximate surface area is 137 Å². The predicted octanol–water partition coefficient (Wildman–Crippen LogP) is 3.77. The van der Waals surface area contributed by atoms with E-state index in [9.17, 15) is 4.79 Å². The van der Waals surface area contributed by atoms with Crippen molar-refractivity contribution in [1.82, 2.24) is 0 Å². The van der Waals surface area contributed by atoms with Crippen LogP contribution in [0.1, 0.15) is 31.1 Å². The number of ketones is 1. The van der Waals surface area contributed by atoms with Crippen molar-refractivity contribution < 1.29 is 9.53 Å². The SMILES string of the molecule is CCOc1ccc(C(=O)C(C)N(CC)c2ccccc2)cc1N. The second-order valence-corrected chi connectivity index (χ2v) is 5.35. The average Bonchev–Trinajstić information content (AvgIpc) is 2.57. The van der Waals surface area contributed by atoms with Crippen LogP contribution in [-0.4, -0.2) is 25.0 Å². The van der Waals surface area contributed by atoms with Crippen molar-refractivity contribution in [3.8, 4) is 5.75 Å². The molecule has 0 heterocycles. The maximum atomic E-state index is 12.8. The molecule has 4 nitrogen and oxygen atoms in total. The van der Waals surface area contributed by atoms with Crippen LogP contribution in [0, 0.1) is 0 Å². The predicted molar refractivity (Wildman–Crippen MR) is 95.3 cm³/mol. The van der Waals surface area contributed by atoms with Gasteiger partial charge < -0.3 is 15.4 Å². The highest BCUT2D eigenvalue weighted by Crippen LogP contribution is 2.25. The summed E-state index contributed by atoms with van der Waals surface area (Å²) in [6.45, 7) is 7.17. The van der Waals surface area contributed by atoms with Crippen LogP contribution in [0.25, 0.3) is 0 Å². The van der Waals surface area contributed by atoms with E-state index in [1.165, 1.54) is 0 Å². The third-order valence-electron chi connectivity index (χ3n) is 3.87. The van der Waals surface area contributed by atoms with E-state index in [2.05, 4.69) is 4.90 Å². The summed E-state index contributed by atoms with van der Waals surface area (Å²) in [6, 6.07) is 14.9. The lowest BCUT2D eigenvalue weighted by atomic mass is 10.0. The highest BCUT2D eigenvalue weighted by Gasteiger charge is 2.22. The van der Waals surface area contributed by atoms with E-state index < -0.39 is 0 Å². The summed E-state index contributed by atoms with van der Waals surface area (Å²) < 4.78 is 5.42. The van der Waals surface area contributed by atoms with E-state index in [1.807, 2.05) is 51.1 Å². The minimum atomic E-state index is -0.264. The normalized spacial score (nSPS) is 11.8. The van der Waals surface area contributed by atoms with E-state index in [0.29, 0.717) is 23.6 Å². The van der Waals surface area contributed by atoms with Crippen molar-refractivity contribution in [1.29, 1.82) is 0 Å².